The number of carbonyl (C=O) groups is 1. The third kappa shape index (κ3) is 5.10. The average Bonchev–Trinajstić information content (AvgIpc) is 2.84. The minimum atomic E-state index is -0.480. The van der Waals surface area contributed by atoms with Crippen LogP contribution in [0.5, 0.6) is 0 Å². The van der Waals surface area contributed by atoms with Crippen molar-refractivity contribution in [3.8, 4) is 0 Å². The Balaban J connectivity index is 1.86. The van der Waals surface area contributed by atoms with Crippen molar-refractivity contribution in [1.29, 1.82) is 0 Å². The van der Waals surface area contributed by atoms with Gasteiger partial charge in [-0.1, -0.05) is 11.6 Å². The largest absolute Gasteiger partial charge is 0.444 e. The highest BCUT2D eigenvalue weighted by Crippen LogP contribution is 2.21. The summed E-state index contributed by atoms with van der Waals surface area (Å²) in [7, 11) is 0. The minimum absolute atomic E-state index is 0.269. The molecule has 6 nitrogen and oxygen atoms in total. The standard InChI is InChI=1S/C15H23ClN4O2/c1-15(2,3)22-14(21)19-9-11-5-4-8-20(11)10-12-13(16)18-7-6-17-12/h6-7,11H,4-5,8-10H2,1-3H3,(H,19,21)/t11-/m1/s1. The Morgan fingerprint density at radius 3 is 2.86 bits per heavy atom. The van der Waals surface area contributed by atoms with Crippen molar-refractivity contribution in [3.63, 3.8) is 0 Å². The predicted octanol–water partition coefficient (Wildman–Crippen LogP) is 2.62. The summed E-state index contributed by atoms with van der Waals surface area (Å²) in [6.07, 6.45) is 4.98. The number of carbonyl (C=O) groups excluding carboxylic acids is 1. The molecule has 0 unspecified atom stereocenters. The molecule has 0 aromatic carbocycles. The molecule has 7 heteroatoms. The average molecular weight is 327 g/mol. The number of aromatic nitrogens is 2. The van der Waals surface area contributed by atoms with Crippen LogP contribution in [0.1, 0.15) is 39.3 Å². The Morgan fingerprint density at radius 2 is 2.18 bits per heavy atom. The van der Waals surface area contributed by atoms with Gasteiger partial charge in [-0.2, -0.15) is 0 Å². The van der Waals surface area contributed by atoms with Crippen LogP contribution in [0.2, 0.25) is 5.15 Å². The van der Waals surface area contributed by atoms with Gasteiger partial charge in [0.05, 0.1) is 5.69 Å². The third-order valence-electron chi connectivity index (χ3n) is 3.46. The number of nitrogens with one attached hydrogen (secondary N) is 1. The van der Waals surface area contributed by atoms with E-state index >= 15 is 0 Å². The van der Waals surface area contributed by atoms with Crippen LogP contribution in [0.25, 0.3) is 0 Å². The molecule has 2 rings (SSSR count). The molecule has 1 aromatic heterocycles. The fraction of sp³-hybridized carbons (Fsp3) is 0.667. The van der Waals surface area contributed by atoms with E-state index in [1.54, 1.807) is 12.4 Å². The molecule has 2 heterocycles. The quantitative estimate of drug-likeness (QED) is 0.921. The first-order chi connectivity index (χ1) is 10.3. The van der Waals surface area contributed by atoms with E-state index in [9.17, 15) is 4.79 Å². The highest BCUT2D eigenvalue weighted by Gasteiger charge is 2.26. The normalized spacial score (nSPS) is 19.2. The van der Waals surface area contributed by atoms with Crippen LogP contribution < -0.4 is 5.32 Å². The molecule has 1 fully saturated rings. The summed E-state index contributed by atoms with van der Waals surface area (Å²) in [6, 6.07) is 0.269. The Bertz CT molecular complexity index is 519. The van der Waals surface area contributed by atoms with Gasteiger partial charge in [0.1, 0.15) is 5.60 Å². The minimum Gasteiger partial charge on any atom is -0.444 e. The maximum Gasteiger partial charge on any atom is 0.407 e. The fourth-order valence-electron chi connectivity index (χ4n) is 2.50. The predicted molar refractivity (Wildman–Crippen MR) is 84.7 cm³/mol. The SMILES string of the molecule is CC(C)(C)OC(=O)NC[C@H]1CCCN1Cc1nccnc1Cl. The van der Waals surface area contributed by atoms with Gasteiger partial charge in [-0.05, 0) is 40.2 Å². The molecule has 1 aromatic rings. The van der Waals surface area contributed by atoms with Crippen molar-refractivity contribution < 1.29 is 9.53 Å². The van der Waals surface area contributed by atoms with Gasteiger partial charge < -0.3 is 10.1 Å². The summed E-state index contributed by atoms with van der Waals surface area (Å²) in [4.78, 5) is 22.3. The molecule has 22 heavy (non-hydrogen) atoms. The Hall–Kier alpha value is -1.40. The maximum absolute atomic E-state index is 11.7. The van der Waals surface area contributed by atoms with E-state index in [4.69, 9.17) is 16.3 Å². The lowest BCUT2D eigenvalue weighted by atomic mass is 10.2. The second-order valence-electron chi connectivity index (χ2n) is 6.44. The summed E-state index contributed by atoms with van der Waals surface area (Å²) in [6.45, 7) is 7.73. The van der Waals surface area contributed by atoms with E-state index in [2.05, 4.69) is 20.2 Å². The van der Waals surface area contributed by atoms with Gasteiger partial charge in [-0.15, -0.1) is 0 Å². The summed E-state index contributed by atoms with van der Waals surface area (Å²) in [5, 5.41) is 3.28. The van der Waals surface area contributed by atoms with E-state index in [0.717, 1.165) is 25.1 Å². The van der Waals surface area contributed by atoms with Crippen molar-refractivity contribution in [2.75, 3.05) is 13.1 Å². The van der Waals surface area contributed by atoms with E-state index < -0.39 is 5.60 Å². The number of nitrogens with zero attached hydrogens (tertiary/aromatic N) is 3. The smallest absolute Gasteiger partial charge is 0.407 e. The molecule has 1 N–H and O–H groups in total. The van der Waals surface area contributed by atoms with Crippen LogP contribution in [0.15, 0.2) is 12.4 Å². The lowest BCUT2D eigenvalue weighted by Gasteiger charge is -2.25. The second-order valence-corrected chi connectivity index (χ2v) is 6.80. The molecule has 122 valence electrons. The van der Waals surface area contributed by atoms with Crippen LogP contribution >= 0.6 is 11.6 Å². The van der Waals surface area contributed by atoms with E-state index in [0.29, 0.717) is 18.2 Å². The number of ether oxygens (including phenoxy) is 1. The van der Waals surface area contributed by atoms with Crippen molar-refractivity contribution in [2.24, 2.45) is 0 Å². The number of alkyl carbamates (subject to hydrolysis) is 1. The molecule has 0 aliphatic carbocycles. The molecular formula is C15H23ClN4O2. The van der Waals surface area contributed by atoms with Crippen molar-refractivity contribution in [1.82, 2.24) is 20.2 Å². The number of likely N-dealkylation sites (tertiary alicyclic amines) is 1. The van der Waals surface area contributed by atoms with Crippen LogP contribution in [-0.4, -0.2) is 45.7 Å². The molecule has 1 aliphatic rings. The summed E-state index contributed by atoms with van der Waals surface area (Å²) < 4.78 is 5.26. The fourth-order valence-corrected chi connectivity index (χ4v) is 2.66. The molecule has 1 atom stereocenters. The summed E-state index contributed by atoms with van der Waals surface area (Å²) in [5.41, 5.74) is 0.292. The van der Waals surface area contributed by atoms with Gasteiger partial charge in [0, 0.05) is 31.5 Å². The van der Waals surface area contributed by atoms with Crippen LogP contribution in [-0.2, 0) is 11.3 Å². The molecule has 0 radical (unpaired) electrons. The monoisotopic (exact) mass is 326 g/mol. The zero-order valence-corrected chi connectivity index (χ0v) is 14.1. The van der Waals surface area contributed by atoms with Crippen molar-refractivity contribution >= 4 is 17.7 Å². The molecule has 1 aliphatic heterocycles. The number of rotatable bonds is 4. The van der Waals surface area contributed by atoms with Gasteiger partial charge in [0.25, 0.3) is 0 Å². The van der Waals surface area contributed by atoms with Gasteiger partial charge in [0.2, 0.25) is 0 Å². The summed E-state index contributed by atoms with van der Waals surface area (Å²) in [5.74, 6) is 0. The molecule has 0 bridgehead atoms. The summed E-state index contributed by atoms with van der Waals surface area (Å²) >= 11 is 6.06. The van der Waals surface area contributed by atoms with E-state index in [-0.39, 0.29) is 12.1 Å². The number of amides is 1. The van der Waals surface area contributed by atoms with E-state index in [1.807, 2.05) is 20.8 Å². The lowest BCUT2D eigenvalue weighted by Crippen LogP contribution is -2.41. The molecule has 0 saturated carbocycles. The van der Waals surface area contributed by atoms with Gasteiger partial charge in [0.15, 0.2) is 5.15 Å². The number of hydrogen-bond acceptors (Lipinski definition) is 5. The Labute approximate surface area is 136 Å². The van der Waals surface area contributed by atoms with Crippen LogP contribution in [0.4, 0.5) is 4.79 Å². The third-order valence-corrected chi connectivity index (χ3v) is 3.77. The van der Waals surface area contributed by atoms with Crippen LogP contribution in [0, 0.1) is 0 Å². The molecule has 0 spiro atoms. The van der Waals surface area contributed by atoms with Crippen molar-refractivity contribution in [2.45, 2.75) is 51.8 Å². The van der Waals surface area contributed by atoms with Crippen molar-refractivity contribution in [3.05, 3.63) is 23.2 Å². The van der Waals surface area contributed by atoms with E-state index in [1.165, 1.54) is 0 Å². The highest BCUT2D eigenvalue weighted by molar-refractivity contribution is 6.29. The topological polar surface area (TPSA) is 67.3 Å². The van der Waals surface area contributed by atoms with Crippen LogP contribution in [0.3, 0.4) is 0 Å². The highest BCUT2D eigenvalue weighted by atomic mass is 35.5. The Kier molecular flexibility index (Phi) is 5.58. The molecule has 1 saturated heterocycles. The molecular weight excluding hydrogens is 304 g/mol. The van der Waals surface area contributed by atoms with Gasteiger partial charge in [-0.3, -0.25) is 9.88 Å². The zero-order valence-electron chi connectivity index (χ0n) is 13.3. The van der Waals surface area contributed by atoms with Gasteiger partial charge >= 0.3 is 6.09 Å². The van der Waals surface area contributed by atoms with Gasteiger partial charge in [-0.25, -0.2) is 9.78 Å². The zero-order chi connectivity index (χ0) is 16.2. The number of hydrogen-bond donors (Lipinski definition) is 1. The first-order valence-corrected chi connectivity index (χ1v) is 7.89. The number of halogens is 1. The second kappa shape index (κ2) is 7.24. The lowest BCUT2D eigenvalue weighted by molar-refractivity contribution is 0.0512. The first kappa shape index (κ1) is 17.0. The Morgan fingerprint density at radius 1 is 1.45 bits per heavy atom. The first-order valence-electron chi connectivity index (χ1n) is 7.51. The molecule has 1 amide bonds. The maximum atomic E-state index is 11.7.